The van der Waals surface area contributed by atoms with Gasteiger partial charge in [-0.1, -0.05) is 36.8 Å². The lowest BCUT2D eigenvalue weighted by Crippen LogP contribution is -2.51. The van der Waals surface area contributed by atoms with E-state index >= 15 is 0 Å². The van der Waals surface area contributed by atoms with E-state index in [4.69, 9.17) is 21.6 Å². The maximum absolute atomic E-state index is 12.1. The van der Waals surface area contributed by atoms with Crippen LogP contribution >= 0.6 is 11.6 Å². The molecule has 1 atom stereocenters. The standard InChI is InChI=1S/C21H27ClN4O/c1-5-18-16(4)23-19(17-8-6-14(2)7-9-17)24-20(18)25-10-12-26(13-11-25)21(27)15(3)22/h6-9,15H,5,10-13H2,1-4H3/t15-/m1/s1. The molecule has 6 heteroatoms. The summed E-state index contributed by atoms with van der Waals surface area (Å²) >= 11 is 5.96. The zero-order valence-electron chi connectivity index (χ0n) is 16.5. The van der Waals surface area contributed by atoms with Crippen molar-refractivity contribution in [3.05, 3.63) is 41.1 Å². The normalized spacial score (nSPS) is 15.7. The minimum atomic E-state index is -0.475. The van der Waals surface area contributed by atoms with Gasteiger partial charge in [0.05, 0.1) is 0 Å². The van der Waals surface area contributed by atoms with Crippen LogP contribution in [0.1, 0.15) is 30.7 Å². The number of carbonyl (C=O) groups is 1. The van der Waals surface area contributed by atoms with E-state index in [1.165, 1.54) is 11.1 Å². The van der Waals surface area contributed by atoms with Gasteiger partial charge in [-0.15, -0.1) is 11.6 Å². The Labute approximate surface area is 166 Å². The highest BCUT2D eigenvalue weighted by atomic mass is 35.5. The molecule has 1 aromatic heterocycles. The van der Waals surface area contributed by atoms with Crippen LogP contribution in [0.15, 0.2) is 24.3 Å². The summed E-state index contributed by atoms with van der Waals surface area (Å²) in [6.45, 7) is 10.8. The van der Waals surface area contributed by atoms with E-state index < -0.39 is 5.38 Å². The average molecular weight is 387 g/mol. The number of hydrogen-bond acceptors (Lipinski definition) is 4. The number of nitrogens with zero attached hydrogens (tertiary/aromatic N) is 4. The van der Waals surface area contributed by atoms with Crippen molar-refractivity contribution in [1.82, 2.24) is 14.9 Å². The van der Waals surface area contributed by atoms with Gasteiger partial charge in [0.25, 0.3) is 0 Å². The van der Waals surface area contributed by atoms with E-state index in [9.17, 15) is 4.79 Å². The van der Waals surface area contributed by atoms with Gasteiger partial charge >= 0.3 is 0 Å². The quantitative estimate of drug-likeness (QED) is 0.753. The lowest BCUT2D eigenvalue weighted by atomic mass is 10.1. The molecule has 2 aromatic rings. The van der Waals surface area contributed by atoms with Crippen LogP contribution in [0.4, 0.5) is 5.82 Å². The number of amides is 1. The van der Waals surface area contributed by atoms with Gasteiger partial charge in [0.2, 0.25) is 5.91 Å². The molecule has 0 spiro atoms. The molecule has 0 saturated carbocycles. The Hall–Kier alpha value is -2.14. The molecule has 1 fully saturated rings. The summed E-state index contributed by atoms with van der Waals surface area (Å²) in [5, 5.41) is -0.475. The SMILES string of the molecule is CCc1c(C)nc(-c2ccc(C)cc2)nc1N1CCN(C(=O)[C@@H](C)Cl)CC1. The molecule has 1 aliphatic rings. The number of rotatable bonds is 4. The maximum Gasteiger partial charge on any atom is 0.240 e. The Morgan fingerprint density at radius 2 is 1.74 bits per heavy atom. The smallest absolute Gasteiger partial charge is 0.240 e. The van der Waals surface area contributed by atoms with Gasteiger partial charge in [-0.3, -0.25) is 4.79 Å². The van der Waals surface area contributed by atoms with Crippen LogP contribution in [-0.2, 0) is 11.2 Å². The van der Waals surface area contributed by atoms with Crippen molar-refractivity contribution < 1.29 is 4.79 Å². The number of benzene rings is 1. The number of halogens is 1. The summed E-state index contributed by atoms with van der Waals surface area (Å²) in [5.74, 6) is 1.76. The molecule has 2 heterocycles. The Morgan fingerprint density at radius 3 is 2.30 bits per heavy atom. The molecule has 0 N–H and O–H groups in total. The van der Waals surface area contributed by atoms with Gasteiger partial charge in [0.1, 0.15) is 11.2 Å². The fourth-order valence-electron chi connectivity index (χ4n) is 3.48. The van der Waals surface area contributed by atoms with Gasteiger partial charge in [-0.05, 0) is 27.2 Å². The van der Waals surface area contributed by atoms with Crippen LogP contribution in [0.5, 0.6) is 0 Å². The summed E-state index contributed by atoms with van der Waals surface area (Å²) in [6, 6.07) is 8.30. The third kappa shape index (κ3) is 4.24. The predicted molar refractivity (Wildman–Crippen MR) is 110 cm³/mol. The van der Waals surface area contributed by atoms with Crippen molar-refractivity contribution >= 4 is 23.3 Å². The average Bonchev–Trinajstić information content (AvgIpc) is 2.67. The van der Waals surface area contributed by atoms with E-state index in [0.29, 0.717) is 13.1 Å². The molecule has 1 aromatic carbocycles. The highest BCUT2D eigenvalue weighted by molar-refractivity contribution is 6.30. The minimum absolute atomic E-state index is 0.00578. The van der Waals surface area contributed by atoms with Crippen LogP contribution in [0.25, 0.3) is 11.4 Å². The zero-order chi connectivity index (χ0) is 19.6. The summed E-state index contributed by atoms with van der Waals surface area (Å²) < 4.78 is 0. The molecule has 0 unspecified atom stereocenters. The van der Waals surface area contributed by atoms with Gasteiger partial charge in [0, 0.05) is 43.0 Å². The van der Waals surface area contributed by atoms with E-state index in [1.54, 1.807) is 6.92 Å². The number of hydrogen-bond donors (Lipinski definition) is 0. The number of aromatic nitrogens is 2. The van der Waals surface area contributed by atoms with Crippen molar-refractivity contribution in [3.63, 3.8) is 0 Å². The number of carbonyl (C=O) groups excluding carboxylic acids is 1. The topological polar surface area (TPSA) is 49.3 Å². The van der Waals surface area contributed by atoms with Crippen molar-refractivity contribution in [3.8, 4) is 11.4 Å². The molecule has 5 nitrogen and oxygen atoms in total. The van der Waals surface area contributed by atoms with E-state index in [1.807, 2.05) is 4.90 Å². The molecule has 144 valence electrons. The predicted octanol–water partition coefficient (Wildman–Crippen LogP) is 3.60. The van der Waals surface area contributed by atoms with Crippen molar-refractivity contribution in [2.75, 3.05) is 31.1 Å². The van der Waals surface area contributed by atoms with E-state index in [2.05, 4.69) is 49.9 Å². The Kier molecular flexibility index (Phi) is 6.00. The number of anilines is 1. The first kappa shape index (κ1) is 19.6. The monoisotopic (exact) mass is 386 g/mol. The van der Waals surface area contributed by atoms with E-state index in [-0.39, 0.29) is 5.91 Å². The maximum atomic E-state index is 12.1. The number of aryl methyl sites for hydroxylation is 2. The van der Waals surface area contributed by atoms with Crippen LogP contribution in [-0.4, -0.2) is 52.3 Å². The highest BCUT2D eigenvalue weighted by Gasteiger charge is 2.26. The fraction of sp³-hybridized carbons (Fsp3) is 0.476. The first-order chi connectivity index (χ1) is 12.9. The van der Waals surface area contributed by atoms with Gasteiger partial charge < -0.3 is 9.80 Å². The minimum Gasteiger partial charge on any atom is -0.353 e. The lowest BCUT2D eigenvalue weighted by Gasteiger charge is -2.37. The number of piperazine rings is 1. The third-order valence-electron chi connectivity index (χ3n) is 5.09. The molecule has 3 rings (SSSR count). The molecule has 1 amide bonds. The Balaban J connectivity index is 1.88. The number of alkyl halides is 1. The zero-order valence-corrected chi connectivity index (χ0v) is 17.3. The molecule has 0 aliphatic carbocycles. The Bertz CT molecular complexity index is 812. The second kappa shape index (κ2) is 8.26. The summed E-state index contributed by atoms with van der Waals surface area (Å²) in [6.07, 6.45) is 0.882. The molecular weight excluding hydrogens is 360 g/mol. The summed E-state index contributed by atoms with van der Waals surface area (Å²) in [5.41, 5.74) is 4.44. The molecular formula is C21H27ClN4O. The second-order valence-electron chi connectivity index (χ2n) is 7.08. The first-order valence-electron chi connectivity index (χ1n) is 9.53. The largest absolute Gasteiger partial charge is 0.353 e. The summed E-state index contributed by atoms with van der Waals surface area (Å²) in [7, 11) is 0. The van der Waals surface area contributed by atoms with Crippen LogP contribution in [0.3, 0.4) is 0 Å². The molecule has 1 aliphatic heterocycles. The van der Waals surface area contributed by atoms with Crippen LogP contribution in [0, 0.1) is 13.8 Å². The van der Waals surface area contributed by atoms with Crippen molar-refractivity contribution in [1.29, 1.82) is 0 Å². The summed E-state index contributed by atoms with van der Waals surface area (Å²) in [4.78, 5) is 25.9. The van der Waals surface area contributed by atoms with Gasteiger partial charge in [0.15, 0.2) is 5.82 Å². The van der Waals surface area contributed by atoms with Gasteiger partial charge in [-0.2, -0.15) is 0 Å². The lowest BCUT2D eigenvalue weighted by molar-refractivity contribution is -0.130. The fourth-order valence-corrected chi connectivity index (χ4v) is 3.62. The third-order valence-corrected chi connectivity index (χ3v) is 5.27. The van der Waals surface area contributed by atoms with Crippen LogP contribution < -0.4 is 4.90 Å². The van der Waals surface area contributed by atoms with Gasteiger partial charge in [-0.25, -0.2) is 9.97 Å². The van der Waals surface area contributed by atoms with Crippen molar-refractivity contribution in [2.24, 2.45) is 0 Å². The molecule has 1 saturated heterocycles. The molecule has 27 heavy (non-hydrogen) atoms. The van der Waals surface area contributed by atoms with Crippen LogP contribution in [0.2, 0.25) is 0 Å². The second-order valence-corrected chi connectivity index (χ2v) is 7.74. The highest BCUT2D eigenvalue weighted by Crippen LogP contribution is 2.27. The van der Waals surface area contributed by atoms with Crippen molar-refractivity contribution in [2.45, 2.75) is 39.5 Å². The molecule has 0 radical (unpaired) electrons. The van der Waals surface area contributed by atoms with E-state index in [0.717, 1.165) is 42.4 Å². The molecule has 0 bridgehead atoms. The Morgan fingerprint density at radius 1 is 1.11 bits per heavy atom. The first-order valence-corrected chi connectivity index (χ1v) is 9.96.